The quantitative estimate of drug-likeness (QED) is 0.808. The molecule has 1 heterocycles. The first-order valence-electron chi connectivity index (χ1n) is 6.27. The van der Waals surface area contributed by atoms with Crippen molar-refractivity contribution in [2.24, 2.45) is 0 Å². The van der Waals surface area contributed by atoms with Gasteiger partial charge < -0.3 is 4.90 Å². The Balaban J connectivity index is 2.01. The fourth-order valence-electron chi connectivity index (χ4n) is 2.57. The van der Waals surface area contributed by atoms with Crippen LogP contribution in [0, 0.1) is 6.92 Å². The number of likely N-dealkylation sites (tertiary alicyclic amines) is 1. The Morgan fingerprint density at radius 3 is 2.68 bits per heavy atom. The van der Waals surface area contributed by atoms with Crippen molar-refractivity contribution in [3.05, 3.63) is 35.4 Å². The van der Waals surface area contributed by atoms with Crippen molar-refractivity contribution in [3.8, 4) is 0 Å². The molecule has 1 aliphatic rings. The molecule has 0 N–H and O–H groups in total. The van der Waals surface area contributed by atoms with Crippen LogP contribution in [-0.4, -0.2) is 30.1 Å². The molecule has 0 aromatic heterocycles. The highest BCUT2D eigenvalue weighted by Crippen LogP contribution is 2.31. The number of halogens is 3. The van der Waals surface area contributed by atoms with Crippen LogP contribution in [0.25, 0.3) is 0 Å². The van der Waals surface area contributed by atoms with Crippen LogP contribution in [0.2, 0.25) is 0 Å². The van der Waals surface area contributed by atoms with Crippen LogP contribution < -0.4 is 0 Å². The van der Waals surface area contributed by atoms with Crippen molar-refractivity contribution in [2.75, 3.05) is 13.1 Å². The van der Waals surface area contributed by atoms with Gasteiger partial charge in [0.2, 0.25) is 5.91 Å². The SMILES string of the molecule is Cc1ccccc1C1CCN(C(=O)CC(F)(F)F)C1. The van der Waals surface area contributed by atoms with Gasteiger partial charge in [0, 0.05) is 19.0 Å². The minimum atomic E-state index is -4.42. The van der Waals surface area contributed by atoms with Gasteiger partial charge in [0.25, 0.3) is 0 Å². The van der Waals surface area contributed by atoms with Crippen LogP contribution in [0.4, 0.5) is 13.2 Å². The molecule has 1 aliphatic heterocycles. The van der Waals surface area contributed by atoms with Gasteiger partial charge in [0.15, 0.2) is 0 Å². The van der Waals surface area contributed by atoms with Gasteiger partial charge >= 0.3 is 6.18 Å². The van der Waals surface area contributed by atoms with Crippen molar-refractivity contribution in [2.45, 2.75) is 31.9 Å². The molecular formula is C14H16F3NO. The first-order chi connectivity index (χ1) is 8.87. The number of alkyl halides is 3. The Labute approximate surface area is 110 Å². The van der Waals surface area contributed by atoms with E-state index in [1.807, 2.05) is 31.2 Å². The van der Waals surface area contributed by atoms with Crippen LogP contribution in [-0.2, 0) is 4.79 Å². The van der Waals surface area contributed by atoms with Crippen molar-refractivity contribution in [3.63, 3.8) is 0 Å². The van der Waals surface area contributed by atoms with Crippen molar-refractivity contribution >= 4 is 5.91 Å². The topological polar surface area (TPSA) is 20.3 Å². The van der Waals surface area contributed by atoms with Crippen molar-refractivity contribution in [1.82, 2.24) is 4.90 Å². The number of aryl methyl sites for hydroxylation is 1. The van der Waals surface area contributed by atoms with E-state index in [1.54, 1.807) is 0 Å². The van der Waals surface area contributed by atoms with Gasteiger partial charge in [0.05, 0.1) is 0 Å². The van der Waals surface area contributed by atoms with E-state index in [-0.39, 0.29) is 5.92 Å². The van der Waals surface area contributed by atoms with Crippen molar-refractivity contribution in [1.29, 1.82) is 0 Å². The monoisotopic (exact) mass is 271 g/mol. The zero-order valence-electron chi connectivity index (χ0n) is 10.7. The lowest BCUT2D eigenvalue weighted by Gasteiger charge is -2.18. The predicted molar refractivity (Wildman–Crippen MR) is 65.8 cm³/mol. The summed E-state index contributed by atoms with van der Waals surface area (Å²) in [5.74, 6) is -0.665. The molecule has 0 aliphatic carbocycles. The lowest BCUT2D eigenvalue weighted by atomic mass is 9.94. The Morgan fingerprint density at radius 2 is 2.05 bits per heavy atom. The highest BCUT2D eigenvalue weighted by Gasteiger charge is 2.36. The van der Waals surface area contributed by atoms with E-state index >= 15 is 0 Å². The van der Waals surface area contributed by atoms with Gasteiger partial charge in [0.1, 0.15) is 6.42 Å². The van der Waals surface area contributed by atoms with E-state index in [1.165, 1.54) is 4.90 Å². The van der Waals surface area contributed by atoms with E-state index in [0.717, 1.165) is 17.5 Å². The second-order valence-electron chi connectivity index (χ2n) is 4.97. The Morgan fingerprint density at radius 1 is 1.37 bits per heavy atom. The molecule has 1 fully saturated rings. The number of benzene rings is 1. The van der Waals surface area contributed by atoms with Gasteiger partial charge in [-0.2, -0.15) is 13.2 Å². The second-order valence-corrected chi connectivity index (χ2v) is 4.97. The summed E-state index contributed by atoms with van der Waals surface area (Å²) < 4.78 is 36.6. The smallest absolute Gasteiger partial charge is 0.342 e. The molecule has 0 saturated carbocycles. The average molecular weight is 271 g/mol. The van der Waals surface area contributed by atoms with Crippen LogP contribution in [0.1, 0.15) is 29.9 Å². The Bertz CT molecular complexity index is 470. The number of hydrogen-bond donors (Lipinski definition) is 0. The maximum absolute atomic E-state index is 12.2. The van der Waals surface area contributed by atoms with Gasteiger partial charge in [-0.3, -0.25) is 4.79 Å². The molecule has 0 radical (unpaired) electrons. The largest absolute Gasteiger partial charge is 0.397 e. The molecule has 5 heteroatoms. The summed E-state index contributed by atoms with van der Waals surface area (Å²) >= 11 is 0. The third-order valence-corrected chi connectivity index (χ3v) is 3.52. The zero-order chi connectivity index (χ0) is 14.0. The standard InChI is InChI=1S/C14H16F3NO/c1-10-4-2-3-5-12(10)11-6-7-18(9-11)13(19)8-14(15,16)17/h2-5,11H,6-9H2,1H3. The summed E-state index contributed by atoms with van der Waals surface area (Å²) in [5.41, 5.74) is 2.25. The number of amides is 1. The fraction of sp³-hybridized carbons (Fsp3) is 0.500. The van der Waals surface area contributed by atoms with Crippen LogP contribution >= 0.6 is 0 Å². The summed E-state index contributed by atoms with van der Waals surface area (Å²) in [6, 6.07) is 7.82. The zero-order valence-corrected chi connectivity index (χ0v) is 10.7. The summed E-state index contributed by atoms with van der Waals surface area (Å²) in [7, 11) is 0. The number of carbonyl (C=O) groups excluding carboxylic acids is 1. The number of rotatable bonds is 2. The average Bonchev–Trinajstić information content (AvgIpc) is 2.76. The molecule has 19 heavy (non-hydrogen) atoms. The second kappa shape index (κ2) is 5.23. The molecule has 0 bridgehead atoms. The highest BCUT2D eigenvalue weighted by molar-refractivity contribution is 5.77. The number of nitrogens with zero attached hydrogens (tertiary/aromatic N) is 1. The minimum Gasteiger partial charge on any atom is -0.342 e. The summed E-state index contributed by atoms with van der Waals surface area (Å²) in [5, 5.41) is 0. The highest BCUT2D eigenvalue weighted by atomic mass is 19.4. The maximum atomic E-state index is 12.2. The number of carbonyl (C=O) groups is 1. The van der Waals surface area contributed by atoms with Gasteiger partial charge in [-0.15, -0.1) is 0 Å². The van der Waals surface area contributed by atoms with Crippen LogP contribution in [0.15, 0.2) is 24.3 Å². The molecule has 1 atom stereocenters. The van der Waals surface area contributed by atoms with Gasteiger partial charge in [-0.05, 0) is 24.5 Å². The van der Waals surface area contributed by atoms with E-state index in [9.17, 15) is 18.0 Å². The predicted octanol–water partition coefficient (Wildman–Crippen LogP) is 3.26. The molecular weight excluding hydrogens is 255 g/mol. The first kappa shape index (κ1) is 13.9. The lowest BCUT2D eigenvalue weighted by molar-refractivity contribution is -0.160. The fourth-order valence-corrected chi connectivity index (χ4v) is 2.57. The molecule has 1 aromatic rings. The molecule has 1 unspecified atom stereocenters. The molecule has 2 rings (SSSR count). The van der Waals surface area contributed by atoms with Crippen molar-refractivity contribution < 1.29 is 18.0 Å². The molecule has 104 valence electrons. The molecule has 1 saturated heterocycles. The third-order valence-electron chi connectivity index (χ3n) is 3.52. The summed E-state index contributed by atoms with van der Waals surface area (Å²) in [6.07, 6.45) is -5.04. The third kappa shape index (κ3) is 3.49. The van der Waals surface area contributed by atoms with Crippen LogP contribution in [0.3, 0.4) is 0 Å². The van der Waals surface area contributed by atoms with E-state index in [4.69, 9.17) is 0 Å². The Kier molecular flexibility index (Phi) is 3.83. The Hall–Kier alpha value is -1.52. The minimum absolute atomic E-state index is 0.151. The maximum Gasteiger partial charge on any atom is 0.397 e. The lowest BCUT2D eigenvalue weighted by Crippen LogP contribution is -2.32. The van der Waals surface area contributed by atoms with E-state index in [2.05, 4.69) is 0 Å². The summed E-state index contributed by atoms with van der Waals surface area (Å²) in [4.78, 5) is 12.9. The molecule has 1 aromatic carbocycles. The van der Waals surface area contributed by atoms with Crippen LogP contribution in [0.5, 0.6) is 0 Å². The van der Waals surface area contributed by atoms with E-state index < -0.39 is 18.5 Å². The first-order valence-corrected chi connectivity index (χ1v) is 6.27. The molecule has 0 spiro atoms. The molecule has 1 amide bonds. The van der Waals surface area contributed by atoms with Gasteiger partial charge in [-0.25, -0.2) is 0 Å². The van der Waals surface area contributed by atoms with E-state index in [0.29, 0.717) is 13.1 Å². The number of hydrogen-bond acceptors (Lipinski definition) is 1. The molecule has 2 nitrogen and oxygen atoms in total. The van der Waals surface area contributed by atoms with Gasteiger partial charge in [-0.1, -0.05) is 24.3 Å². The normalized spacial score (nSPS) is 19.8. The summed E-state index contributed by atoms with van der Waals surface area (Å²) in [6.45, 7) is 2.78.